The van der Waals surface area contributed by atoms with E-state index in [0.717, 1.165) is 47.3 Å². The lowest BCUT2D eigenvalue weighted by Crippen LogP contribution is -2.36. The normalized spacial score (nSPS) is 17.0. The predicted octanol–water partition coefficient (Wildman–Crippen LogP) is 5.59. The molecule has 1 fully saturated rings. The molecule has 1 aliphatic heterocycles. The number of thiocarbonyl (C=S) groups is 1. The molecule has 182 valence electrons. The third-order valence-electron chi connectivity index (χ3n) is 5.63. The summed E-state index contributed by atoms with van der Waals surface area (Å²) in [6.45, 7) is 3.72. The number of ether oxygens (including phenoxy) is 1. The molecule has 1 aliphatic carbocycles. The number of benzene rings is 1. The largest absolute Gasteiger partial charge is 0.462 e. The van der Waals surface area contributed by atoms with Gasteiger partial charge in [-0.05, 0) is 62.3 Å². The third-order valence-corrected chi connectivity index (χ3v) is 8.22. The van der Waals surface area contributed by atoms with Crippen molar-refractivity contribution in [1.29, 1.82) is 0 Å². The van der Waals surface area contributed by atoms with Gasteiger partial charge in [-0.3, -0.25) is 14.5 Å². The number of fused-ring (bicyclic) bond motifs is 1. The van der Waals surface area contributed by atoms with Crippen molar-refractivity contribution < 1.29 is 19.1 Å². The zero-order valence-corrected chi connectivity index (χ0v) is 22.0. The van der Waals surface area contributed by atoms with Gasteiger partial charge >= 0.3 is 5.97 Å². The van der Waals surface area contributed by atoms with Crippen molar-refractivity contribution in [1.82, 2.24) is 4.90 Å². The lowest BCUT2D eigenvalue weighted by molar-refractivity contribution is -0.126. The highest BCUT2D eigenvalue weighted by Crippen LogP contribution is 2.39. The van der Waals surface area contributed by atoms with Crippen LogP contribution in [0.2, 0.25) is 0 Å². The van der Waals surface area contributed by atoms with E-state index >= 15 is 0 Å². The molecule has 0 spiro atoms. The minimum Gasteiger partial charge on any atom is -0.462 e. The van der Waals surface area contributed by atoms with Gasteiger partial charge in [-0.1, -0.05) is 60.4 Å². The molecule has 0 bridgehead atoms. The Kier molecular flexibility index (Phi) is 8.20. The Bertz CT molecular complexity index is 1230. The fraction of sp³-hybridized carbons (Fsp3) is 0.308. The first kappa shape index (κ1) is 25.3. The maximum atomic E-state index is 13.0. The van der Waals surface area contributed by atoms with E-state index in [4.69, 9.17) is 17.0 Å². The van der Waals surface area contributed by atoms with E-state index in [1.54, 1.807) is 13.0 Å². The second-order valence-corrected chi connectivity index (χ2v) is 11.0. The number of thiophene rings is 1. The van der Waals surface area contributed by atoms with Crippen LogP contribution in [0.4, 0.5) is 5.00 Å². The van der Waals surface area contributed by atoms with Gasteiger partial charge in [-0.2, -0.15) is 0 Å². The van der Waals surface area contributed by atoms with Gasteiger partial charge in [-0.15, -0.1) is 11.3 Å². The summed E-state index contributed by atoms with van der Waals surface area (Å²) in [5.74, 6) is -1.12. The number of amides is 2. The first-order chi connectivity index (χ1) is 16.9. The minimum atomic E-state index is -0.420. The van der Waals surface area contributed by atoms with E-state index in [-0.39, 0.29) is 19.1 Å². The fourth-order valence-electron chi connectivity index (χ4n) is 4.08. The van der Waals surface area contributed by atoms with Crippen LogP contribution in [-0.2, 0) is 27.2 Å². The van der Waals surface area contributed by atoms with Crippen LogP contribution < -0.4 is 5.32 Å². The van der Waals surface area contributed by atoms with Crippen molar-refractivity contribution in [3.05, 3.63) is 68.5 Å². The van der Waals surface area contributed by atoms with E-state index in [1.165, 1.54) is 28.0 Å². The predicted molar refractivity (Wildman–Crippen MR) is 146 cm³/mol. The molecule has 1 aromatic heterocycles. The van der Waals surface area contributed by atoms with Gasteiger partial charge in [0, 0.05) is 4.88 Å². The highest BCUT2D eigenvalue weighted by Gasteiger charge is 2.34. The summed E-state index contributed by atoms with van der Waals surface area (Å²) in [6.07, 6.45) is 7.52. The molecule has 2 heterocycles. The molecule has 0 saturated carbocycles. The molecular weight excluding hydrogens is 500 g/mol. The molecule has 0 radical (unpaired) electrons. The maximum absolute atomic E-state index is 13.0. The molecule has 0 unspecified atom stereocenters. The van der Waals surface area contributed by atoms with Gasteiger partial charge in [0.1, 0.15) is 15.9 Å². The van der Waals surface area contributed by atoms with Crippen LogP contribution in [0.1, 0.15) is 53.1 Å². The molecule has 1 saturated heterocycles. The van der Waals surface area contributed by atoms with Gasteiger partial charge in [0.15, 0.2) is 0 Å². The van der Waals surface area contributed by atoms with Crippen LogP contribution in [0, 0.1) is 0 Å². The number of aryl methyl sites for hydroxylation is 1. The standard InChI is InChI=1S/C26H26N2O4S3/c1-3-32-25(31)22-18-11-7-8-12-19(18)34-23(22)27-21(29)15-28-24(30)20(35-26(28)33)14-16(2)13-17-9-5-4-6-10-17/h4-6,9-10,13-14H,3,7-8,11-12,15H2,1-2H3,(H,27,29)/b16-13+,20-14-. The number of carbonyl (C=O) groups excluding carboxylic acids is 3. The van der Waals surface area contributed by atoms with Crippen LogP contribution in [0.25, 0.3) is 6.08 Å². The number of carbonyl (C=O) groups is 3. The number of nitrogens with zero attached hydrogens (tertiary/aromatic N) is 1. The van der Waals surface area contributed by atoms with E-state index in [2.05, 4.69) is 5.32 Å². The van der Waals surface area contributed by atoms with Crippen LogP contribution in [-0.4, -0.2) is 40.2 Å². The molecule has 2 amide bonds. The zero-order chi connectivity index (χ0) is 24.9. The van der Waals surface area contributed by atoms with E-state index in [1.807, 2.05) is 43.3 Å². The number of nitrogens with one attached hydrogen (secondary N) is 1. The van der Waals surface area contributed by atoms with Gasteiger partial charge in [0.05, 0.1) is 17.1 Å². The second kappa shape index (κ2) is 11.3. The van der Waals surface area contributed by atoms with Crippen molar-refractivity contribution in [2.45, 2.75) is 39.5 Å². The SMILES string of the molecule is CCOC(=O)c1c(NC(=O)CN2C(=O)/C(=C/C(C)=C/c3ccccc3)SC2=S)sc2c1CCCC2. The molecule has 4 rings (SSSR count). The average molecular weight is 527 g/mol. The van der Waals surface area contributed by atoms with Gasteiger partial charge in [-0.25, -0.2) is 4.79 Å². The lowest BCUT2D eigenvalue weighted by Gasteiger charge is -2.14. The number of anilines is 1. The van der Waals surface area contributed by atoms with E-state index < -0.39 is 11.9 Å². The summed E-state index contributed by atoms with van der Waals surface area (Å²) in [7, 11) is 0. The Balaban J connectivity index is 1.47. The Morgan fingerprint density at radius 3 is 2.69 bits per heavy atom. The fourth-order valence-corrected chi connectivity index (χ4v) is 6.68. The number of thioether (sulfide) groups is 1. The summed E-state index contributed by atoms with van der Waals surface area (Å²) < 4.78 is 5.58. The molecule has 9 heteroatoms. The zero-order valence-electron chi connectivity index (χ0n) is 19.6. The maximum Gasteiger partial charge on any atom is 0.341 e. The Morgan fingerprint density at radius 2 is 1.94 bits per heavy atom. The highest BCUT2D eigenvalue weighted by molar-refractivity contribution is 8.26. The Hall–Kier alpha value is -2.75. The molecular formula is C26H26N2O4S3. The first-order valence-electron chi connectivity index (χ1n) is 11.5. The number of esters is 1. The summed E-state index contributed by atoms with van der Waals surface area (Å²) in [5, 5.41) is 3.34. The van der Waals surface area contributed by atoms with Gasteiger partial charge in [0.25, 0.3) is 5.91 Å². The summed E-state index contributed by atoms with van der Waals surface area (Å²) in [5.41, 5.74) is 3.37. The molecule has 1 aromatic carbocycles. The molecule has 2 aliphatic rings. The Labute approximate surface area is 218 Å². The van der Waals surface area contributed by atoms with Gasteiger partial charge < -0.3 is 10.1 Å². The van der Waals surface area contributed by atoms with Crippen molar-refractivity contribution >= 4 is 68.5 Å². The van der Waals surface area contributed by atoms with Crippen LogP contribution in [0.3, 0.4) is 0 Å². The van der Waals surface area contributed by atoms with Crippen LogP contribution >= 0.6 is 35.3 Å². The minimum absolute atomic E-state index is 0.214. The number of hydrogen-bond acceptors (Lipinski definition) is 7. The van der Waals surface area contributed by atoms with Gasteiger partial charge in [0.2, 0.25) is 5.91 Å². The number of allylic oxidation sites excluding steroid dienone is 2. The Morgan fingerprint density at radius 1 is 1.20 bits per heavy atom. The second-order valence-electron chi connectivity index (χ2n) is 8.25. The van der Waals surface area contributed by atoms with Crippen LogP contribution in [0.5, 0.6) is 0 Å². The molecule has 2 aromatic rings. The number of rotatable bonds is 7. The summed E-state index contributed by atoms with van der Waals surface area (Å²) in [4.78, 5) is 41.4. The quantitative estimate of drug-likeness (QED) is 0.288. The van der Waals surface area contributed by atoms with Crippen molar-refractivity contribution in [3.63, 3.8) is 0 Å². The van der Waals surface area contributed by atoms with Crippen molar-refractivity contribution in [2.75, 3.05) is 18.5 Å². The van der Waals surface area contributed by atoms with E-state index in [9.17, 15) is 14.4 Å². The van der Waals surface area contributed by atoms with Crippen molar-refractivity contribution in [3.8, 4) is 0 Å². The monoisotopic (exact) mass is 526 g/mol. The third kappa shape index (κ3) is 5.91. The highest BCUT2D eigenvalue weighted by atomic mass is 32.2. The summed E-state index contributed by atoms with van der Waals surface area (Å²) in [6, 6.07) is 9.83. The van der Waals surface area contributed by atoms with Crippen LogP contribution in [0.15, 0.2) is 46.9 Å². The topological polar surface area (TPSA) is 75.7 Å². The smallest absolute Gasteiger partial charge is 0.341 e. The lowest BCUT2D eigenvalue weighted by atomic mass is 9.95. The van der Waals surface area contributed by atoms with Crippen molar-refractivity contribution in [2.24, 2.45) is 0 Å². The first-order valence-corrected chi connectivity index (χ1v) is 13.5. The molecule has 35 heavy (non-hydrogen) atoms. The molecule has 0 atom stereocenters. The molecule has 6 nitrogen and oxygen atoms in total. The average Bonchev–Trinajstić information content (AvgIpc) is 3.31. The molecule has 1 N–H and O–H groups in total. The summed E-state index contributed by atoms with van der Waals surface area (Å²) >= 11 is 7.99. The number of hydrogen-bond donors (Lipinski definition) is 1. The van der Waals surface area contributed by atoms with E-state index in [0.29, 0.717) is 19.8 Å².